The van der Waals surface area contributed by atoms with Crippen molar-refractivity contribution in [3.63, 3.8) is 0 Å². The molecule has 0 saturated heterocycles. The Labute approximate surface area is 68.9 Å². The van der Waals surface area contributed by atoms with Crippen molar-refractivity contribution in [1.82, 2.24) is 0 Å². The van der Waals surface area contributed by atoms with E-state index in [4.69, 9.17) is 4.18 Å². The van der Waals surface area contributed by atoms with Crippen molar-refractivity contribution in [3.05, 3.63) is 29.8 Å². The molecule has 1 atom stereocenters. The van der Waals surface area contributed by atoms with Crippen LogP contribution in [0.15, 0.2) is 24.3 Å². The number of benzene rings is 1. The van der Waals surface area contributed by atoms with Gasteiger partial charge in [0.15, 0.2) is 0 Å². The maximum absolute atomic E-state index is 10.7. The Morgan fingerprint density at radius 2 is 2.00 bits per heavy atom. The highest BCUT2D eigenvalue weighted by Gasteiger charge is 1.98. The quantitative estimate of drug-likeness (QED) is 0.674. The van der Waals surface area contributed by atoms with E-state index in [2.05, 4.69) is 0 Å². The maximum Gasteiger partial charge on any atom is 0.203 e. The van der Waals surface area contributed by atoms with Crippen molar-refractivity contribution in [2.75, 3.05) is 6.26 Å². The molecule has 3 heteroatoms. The van der Waals surface area contributed by atoms with E-state index in [1.54, 1.807) is 6.07 Å². The molecule has 0 aliphatic heterocycles. The van der Waals surface area contributed by atoms with Gasteiger partial charge in [-0.3, -0.25) is 0 Å². The fraction of sp³-hybridized carbons (Fsp3) is 0.250. The van der Waals surface area contributed by atoms with Crippen LogP contribution in [0.5, 0.6) is 5.75 Å². The minimum Gasteiger partial charge on any atom is -0.400 e. The average Bonchev–Trinajstić information content (AvgIpc) is 1.93. The van der Waals surface area contributed by atoms with Gasteiger partial charge in [-0.1, -0.05) is 18.2 Å². The zero-order valence-electron chi connectivity index (χ0n) is 6.53. The minimum absolute atomic E-state index is 0.688. The molecule has 1 aromatic rings. The lowest BCUT2D eigenvalue weighted by Gasteiger charge is -2.02. The standard InChI is InChI=1S/C8H10O2S/c1-7-5-3-4-6-8(7)10-11(2)9/h3-6H,1-2H3. The van der Waals surface area contributed by atoms with Gasteiger partial charge in [-0.15, -0.1) is 0 Å². The summed E-state index contributed by atoms with van der Waals surface area (Å²) < 4.78 is 15.7. The van der Waals surface area contributed by atoms with Gasteiger partial charge in [0.2, 0.25) is 11.1 Å². The molecule has 0 amide bonds. The number of rotatable bonds is 2. The Balaban J connectivity index is 2.86. The van der Waals surface area contributed by atoms with E-state index in [-0.39, 0.29) is 0 Å². The van der Waals surface area contributed by atoms with E-state index in [0.717, 1.165) is 5.56 Å². The molecule has 1 aromatic carbocycles. The molecule has 0 radical (unpaired) electrons. The molecule has 0 aliphatic carbocycles. The van der Waals surface area contributed by atoms with Crippen LogP contribution < -0.4 is 4.18 Å². The monoisotopic (exact) mass is 170 g/mol. The van der Waals surface area contributed by atoms with Crippen LogP contribution in [-0.4, -0.2) is 10.5 Å². The number of hydrogen-bond donors (Lipinski definition) is 0. The summed E-state index contributed by atoms with van der Waals surface area (Å²) in [5, 5.41) is 0. The molecule has 0 N–H and O–H groups in total. The van der Waals surface area contributed by atoms with E-state index in [1.807, 2.05) is 25.1 Å². The summed E-state index contributed by atoms with van der Waals surface area (Å²) in [6.45, 7) is 1.92. The first-order valence-electron chi connectivity index (χ1n) is 3.27. The second-order valence-electron chi connectivity index (χ2n) is 2.25. The molecule has 0 aliphatic rings. The van der Waals surface area contributed by atoms with E-state index >= 15 is 0 Å². The van der Waals surface area contributed by atoms with Crippen LogP contribution in [0.3, 0.4) is 0 Å². The second kappa shape index (κ2) is 3.53. The minimum atomic E-state index is -1.23. The summed E-state index contributed by atoms with van der Waals surface area (Å²) in [4.78, 5) is 0. The van der Waals surface area contributed by atoms with Gasteiger partial charge >= 0.3 is 0 Å². The Hall–Kier alpha value is -0.830. The summed E-state index contributed by atoms with van der Waals surface area (Å²) in [6, 6.07) is 7.49. The predicted octanol–water partition coefficient (Wildman–Crippen LogP) is 1.67. The third kappa shape index (κ3) is 2.35. The van der Waals surface area contributed by atoms with Crippen molar-refractivity contribution in [3.8, 4) is 5.75 Å². The van der Waals surface area contributed by atoms with Gasteiger partial charge in [0.1, 0.15) is 5.75 Å². The Bertz CT molecular complexity index is 271. The van der Waals surface area contributed by atoms with Crippen molar-refractivity contribution in [2.24, 2.45) is 0 Å². The smallest absolute Gasteiger partial charge is 0.203 e. The first-order chi connectivity index (χ1) is 5.20. The third-order valence-corrected chi connectivity index (χ3v) is 1.71. The first kappa shape index (κ1) is 8.27. The highest BCUT2D eigenvalue weighted by Crippen LogP contribution is 2.16. The number of aryl methyl sites for hydroxylation is 1. The summed E-state index contributed by atoms with van der Waals surface area (Å²) >= 11 is -1.23. The highest BCUT2D eigenvalue weighted by molar-refractivity contribution is 7.79. The highest BCUT2D eigenvalue weighted by atomic mass is 32.2. The van der Waals surface area contributed by atoms with Crippen LogP contribution in [0.2, 0.25) is 0 Å². The van der Waals surface area contributed by atoms with Gasteiger partial charge in [-0.2, -0.15) is 0 Å². The van der Waals surface area contributed by atoms with Crippen LogP contribution in [0.4, 0.5) is 0 Å². The molecule has 1 unspecified atom stereocenters. The Morgan fingerprint density at radius 3 is 2.55 bits per heavy atom. The summed E-state index contributed by atoms with van der Waals surface area (Å²) in [7, 11) is 0. The van der Waals surface area contributed by atoms with Crippen LogP contribution in [0.1, 0.15) is 5.56 Å². The van der Waals surface area contributed by atoms with Gasteiger partial charge in [0, 0.05) is 6.26 Å². The van der Waals surface area contributed by atoms with Crippen LogP contribution >= 0.6 is 0 Å². The lowest BCUT2D eigenvalue weighted by molar-refractivity contribution is 0.565. The maximum atomic E-state index is 10.7. The van der Waals surface area contributed by atoms with Gasteiger partial charge in [-0.05, 0) is 18.6 Å². The molecule has 0 aromatic heterocycles. The van der Waals surface area contributed by atoms with Crippen molar-refractivity contribution >= 4 is 11.1 Å². The fourth-order valence-corrected chi connectivity index (χ4v) is 1.22. The molecule has 0 bridgehead atoms. The molecule has 1 rings (SSSR count). The topological polar surface area (TPSA) is 26.3 Å². The summed E-state index contributed by atoms with van der Waals surface area (Å²) in [5.74, 6) is 0.688. The Kier molecular flexibility index (Phi) is 2.65. The number of hydrogen-bond acceptors (Lipinski definition) is 2. The fourth-order valence-electron chi connectivity index (χ4n) is 0.776. The molecular formula is C8H10O2S. The van der Waals surface area contributed by atoms with Gasteiger partial charge < -0.3 is 4.18 Å². The van der Waals surface area contributed by atoms with Crippen molar-refractivity contribution in [2.45, 2.75) is 6.92 Å². The average molecular weight is 170 g/mol. The lowest BCUT2D eigenvalue weighted by Crippen LogP contribution is -1.97. The van der Waals surface area contributed by atoms with Crippen molar-refractivity contribution in [1.29, 1.82) is 0 Å². The van der Waals surface area contributed by atoms with E-state index < -0.39 is 11.1 Å². The zero-order chi connectivity index (χ0) is 8.27. The van der Waals surface area contributed by atoms with Gasteiger partial charge in [0.25, 0.3) is 0 Å². The zero-order valence-corrected chi connectivity index (χ0v) is 7.35. The summed E-state index contributed by atoms with van der Waals surface area (Å²) in [5.41, 5.74) is 1.00. The molecule has 0 fully saturated rings. The first-order valence-corrected chi connectivity index (χ1v) is 4.76. The van der Waals surface area contributed by atoms with Crippen LogP contribution in [-0.2, 0) is 11.1 Å². The second-order valence-corrected chi connectivity index (χ2v) is 3.22. The summed E-state index contributed by atoms with van der Waals surface area (Å²) in [6.07, 6.45) is 1.51. The third-order valence-electron chi connectivity index (χ3n) is 1.30. The van der Waals surface area contributed by atoms with E-state index in [0.29, 0.717) is 5.75 Å². The predicted molar refractivity (Wildman–Crippen MR) is 45.9 cm³/mol. The Morgan fingerprint density at radius 1 is 1.36 bits per heavy atom. The van der Waals surface area contributed by atoms with Gasteiger partial charge in [-0.25, -0.2) is 4.21 Å². The van der Waals surface area contributed by atoms with Crippen LogP contribution in [0, 0.1) is 6.92 Å². The lowest BCUT2D eigenvalue weighted by atomic mass is 10.2. The normalized spacial score (nSPS) is 12.5. The molecule has 0 spiro atoms. The van der Waals surface area contributed by atoms with Gasteiger partial charge in [0.05, 0.1) is 0 Å². The molecular weight excluding hydrogens is 160 g/mol. The largest absolute Gasteiger partial charge is 0.400 e. The van der Waals surface area contributed by atoms with Crippen molar-refractivity contribution < 1.29 is 8.39 Å². The molecule has 0 heterocycles. The molecule has 60 valence electrons. The molecule has 0 saturated carbocycles. The molecule has 11 heavy (non-hydrogen) atoms. The van der Waals surface area contributed by atoms with E-state index in [1.165, 1.54) is 6.26 Å². The SMILES string of the molecule is Cc1ccccc1OS(C)=O. The molecule has 2 nitrogen and oxygen atoms in total. The number of para-hydroxylation sites is 1. The van der Waals surface area contributed by atoms with E-state index in [9.17, 15) is 4.21 Å². The van der Waals surface area contributed by atoms with Crippen LogP contribution in [0.25, 0.3) is 0 Å².